The van der Waals surface area contributed by atoms with Crippen molar-refractivity contribution in [3.05, 3.63) is 23.9 Å². The zero-order valence-electron chi connectivity index (χ0n) is 10.5. The maximum Gasteiger partial charge on any atom is 0.213 e. The molecule has 0 fully saturated rings. The van der Waals surface area contributed by atoms with E-state index in [1.807, 2.05) is 12.3 Å². The van der Waals surface area contributed by atoms with Crippen LogP contribution >= 0.6 is 0 Å². The predicted molar refractivity (Wildman–Crippen MR) is 66.6 cm³/mol. The van der Waals surface area contributed by atoms with Crippen LogP contribution in [0.15, 0.2) is 18.3 Å². The molecule has 0 saturated carbocycles. The Labute approximate surface area is 98.2 Å². The lowest BCUT2D eigenvalue weighted by Crippen LogP contribution is -2.21. The summed E-state index contributed by atoms with van der Waals surface area (Å²) in [7, 11) is 0. The third-order valence-electron chi connectivity index (χ3n) is 2.26. The molecule has 1 aromatic rings. The molecule has 0 spiro atoms. The van der Waals surface area contributed by atoms with Gasteiger partial charge in [-0.1, -0.05) is 33.3 Å². The lowest BCUT2D eigenvalue weighted by molar-refractivity contribution is 0.297. The van der Waals surface area contributed by atoms with Gasteiger partial charge >= 0.3 is 0 Å². The van der Waals surface area contributed by atoms with Crippen LogP contribution in [0.4, 0.5) is 0 Å². The Bertz CT molecular complexity index is 282. The third-order valence-corrected chi connectivity index (χ3v) is 2.26. The van der Waals surface area contributed by atoms with Gasteiger partial charge in [0.15, 0.2) is 0 Å². The first-order chi connectivity index (χ1) is 7.72. The van der Waals surface area contributed by atoms with Gasteiger partial charge in [-0.05, 0) is 12.0 Å². The summed E-state index contributed by atoms with van der Waals surface area (Å²) in [5, 5.41) is 3.35. The van der Waals surface area contributed by atoms with Gasteiger partial charge in [0.05, 0.1) is 6.61 Å². The van der Waals surface area contributed by atoms with Gasteiger partial charge in [-0.2, -0.15) is 0 Å². The predicted octanol–water partition coefficient (Wildman–Crippen LogP) is 2.76. The fraction of sp³-hybridized carbons (Fsp3) is 0.615. The fourth-order valence-electron chi connectivity index (χ4n) is 1.24. The van der Waals surface area contributed by atoms with Crippen molar-refractivity contribution in [2.45, 2.75) is 46.2 Å². The van der Waals surface area contributed by atoms with Crippen molar-refractivity contribution in [2.24, 2.45) is 0 Å². The van der Waals surface area contributed by atoms with Crippen LogP contribution in [0.25, 0.3) is 0 Å². The maximum absolute atomic E-state index is 5.50. The molecule has 0 bridgehead atoms. The monoisotopic (exact) mass is 222 g/mol. The minimum absolute atomic E-state index is 0.500. The summed E-state index contributed by atoms with van der Waals surface area (Å²) < 4.78 is 5.50. The molecule has 1 N–H and O–H groups in total. The van der Waals surface area contributed by atoms with Gasteiger partial charge in [-0.3, -0.25) is 0 Å². The molecule has 0 amide bonds. The van der Waals surface area contributed by atoms with Crippen molar-refractivity contribution in [1.29, 1.82) is 0 Å². The molecule has 1 aromatic heterocycles. The summed E-state index contributed by atoms with van der Waals surface area (Å²) in [6, 6.07) is 4.50. The Morgan fingerprint density at radius 2 is 2.19 bits per heavy atom. The SMILES string of the molecule is CCCCOc1ccc(CNC(C)C)cn1. The average Bonchev–Trinajstić information content (AvgIpc) is 2.28. The van der Waals surface area contributed by atoms with Crippen LogP contribution in [0.2, 0.25) is 0 Å². The van der Waals surface area contributed by atoms with Gasteiger partial charge in [-0.25, -0.2) is 4.98 Å². The van der Waals surface area contributed by atoms with E-state index in [4.69, 9.17) is 4.74 Å². The minimum Gasteiger partial charge on any atom is -0.478 e. The molecule has 1 heterocycles. The Hall–Kier alpha value is -1.09. The average molecular weight is 222 g/mol. The molecule has 0 aliphatic rings. The summed E-state index contributed by atoms with van der Waals surface area (Å²) in [6.07, 6.45) is 4.10. The Kier molecular flexibility index (Phi) is 5.86. The van der Waals surface area contributed by atoms with E-state index < -0.39 is 0 Å². The summed E-state index contributed by atoms with van der Waals surface area (Å²) in [6.45, 7) is 8.04. The van der Waals surface area contributed by atoms with E-state index in [-0.39, 0.29) is 0 Å². The second-order valence-corrected chi connectivity index (χ2v) is 4.24. The van der Waals surface area contributed by atoms with Crippen LogP contribution in [0.5, 0.6) is 5.88 Å². The molecule has 0 unspecified atom stereocenters. The number of pyridine rings is 1. The molecule has 0 aliphatic heterocycles. The van der Waals surface area contributed by atoms with Gasteiger partial charge in [0, 0.05) is 24.8 Å². The van der Waals surface area contributed by atoms with E-state index in [1.54, 1.807) is 0 Å². The van der Waals surface area contributed by atoms with Crippen LogP contribution in [-0.2, 0) is 6.54 Å². The second-order valence-electron chi connectivity index (χ2n) is 4.24. The number of aromatic nitrogens is 1. The Morgan fingerprint density at radius 3 is 2.75 bits per heavy atom. The molecule has 16 heavy (non-hydrogen) atoms. The molecule has 3 nitrogen and oxygen atoms in total. The van der Waals surface area contributed by atoms with Crippen LogP contribution in [0.3, 0.4) is 0 Å². The van der Waals surface area contributed by atoms with Gasteiger partial charge < -0.3 is 10.1 Å². The maximum atomic E-state index is 5.50. The summed E-state index contributed by atoms with van der Waals surface area (Å²) in [5.41, 5.74) is 1.19. The van der Waals surface area contributed by atoms with E-state index >= 15 is 0 Å². The lowest BCUT2D eigenvalue weighted by Gasteiger charge is -2.08. The van der Waals surface area contributed by atoms with Crippen molar-refractivity contribution in [2.75, 3.05) is 6.61 Å². The Morgan fingerprint density at radius 1 is 1.38 bits per heavy atom. The molecule has 0 radical (unpaired) electrons. The highest BCUT2D eigenvalue weighted by molar-refractivity contribution is 5.17. The molecule has 0 aliphatic carbocycles. The molecular weight excluding hydrogens is 200 g/mol. The van der Waals surface area contributed by atoms with Crippen molar-refractivity contribution in [3.8, 4) is 5.88 Å². The summed E-state index contributed by atoms with van der Waals surface area (Å²) >= 11 is 0. The summed E-state index contributed by atoms with van der Waals surface area (Å²) in [5.74, 6) is 0.724. The third kappa shape index (κ3) is 5.12. The van der Waals surface area contributed by atoms with Gasteiger partial charge in [0.1, 0.15) is 0 Å². The number of unbranched alkanes of at least 4 members (excludes halogenated alkanes) is 1. The van der Waals surface area contributed by atoms with Crippen molar-refractivity contribution >= 4 is 0 Å². The van der Waals surface area contributed by atoms with E-state index in [0.29, 0.717) is 6.04 Å². The van der Waals surface area contributed by atoms with E-state index in [9.17, 15) is 0 Å². The summed E-state index contributed by atoms with van der Waals surface area (Å²) in [4.78, 5) is 4.27. The molecule has 0 saturated heterocycles. The number of hydrogen-bond acceptors (Lipinski definition) is 3. The minimum atomic E-state index is 0.500. The van der Waals surface area contributed by atoms with Crippen LogP contribution in [0.1, 0.15) is 39.2 Å². The standard InChI is InChI=1S/C13H22N2O/c1-4-5-8-16-13-7-6-12(10-15-13)9-14-11(2)3/h6-7,10-11,14H,4-5,8-9H2,1-3H3. The molecule has 0 aromatic carbocycles. The zero-order valence-corrected chi connectivity index (χ0v) is 10.5. The highest BCUT2D eigenvalue weighted by Crippen LogP contribution is 2.08. The van der Waals surface area contributed by atoms with E-state index in [0.717, 1.165) is 31.9 Å². The normalized spacial score (nSPS) is 10.8. The van der Waals surface area contributed by atoms with E-state index in [1.165, 1.54) is 5.56 Å². The van der Waals surface area contributed by atoms with Crippen LogP contribution in [0, 0.1) is 0 Å². The quantitative estimate of drug-likeness (QED) is 0.720. The van der Waals surface area contributed by atoms with Crippen LogP contribution < -0.4 is 10.1 Å². The van der Waals surface area contributed by atoms with Gasteiger partial charge in [0.2, 0.25) is 5.88 Å². The number of hydrogen-bond donors (Lipinski definition) is 1. The first-order valence-electron chi connectivity index (χ1n) is 6.03. The fourth-order valence-corrected chi connectivity index (χ4v) is 1.24. The van der Waals surface area contributed by atoms with Gasteiger partial charge in [-0.15, -0.1) is 0 Å². The molecular formula is C13H22N2O. The zero-order chi connectivity index (χ0) is 11.8. The highest BCUT2D eigenvalue weighted by atomic mass is 16.5. The number of nitrogens with one attached hydrogen (secondary N) is 1. The highest BCUT2D eigenvalue weighted by Gasteiger charge is 1.98. The van der Waals surface area contributed by atoms with Gasteiger partial charge in [0.25, 0.3) is 0 Å². The second kappa shape index (κ2) is 7.23. The largest absolute Gasteiger partial charge is 0.478 e. The molecule has 0 atom stereocenters. The molecule has 3 heteroatoms. The lowest BCUT2D eigenvalue weighted by atomic mass is 10.2. The van der Waals surface area contributed by atoms with Crippen molar-refractivity contribution in [3.63, 3.8) is 0 Å². The first-order valence-corrected chi connectivity index (χ1v) is 6.03. The van der Waals surface area contributed by atoms with Crippen LogP contribution in [-0.4, -0.2) is 17.6 Å². The number of rotatable bonds is 7. The first kappa shape index (κ1) is 13.0. The number of nitrogens with zero attached hydrogens (tertiary/aromatic N) is 1. The Balaban J connectivity index is 2.35. The van der Waals surface area contributed by atoms with Crippen molar-refractivity contribution in [1.82, 2.24) is 10.3 Å². The topological polar surface area (TPSA) is 34.1 Å². The van der Waals surface area contributed by atoms with E-state index in [2.05, 4.69) is 37.1 Å². The smallest absolute Gasteiger partial charge is 0.213 e. The number of ether oxygens (including phenoxy) is 1. The molecule has 90 valence electrons. The molecule has 1 rings (SSSR count). The van der Waals surface area contributed by atoms with Crippen molar-refractivity contribution < 1.29 is 4.74 Å².